The molecule has 0 saturated heterocycles. The fourth-order valence-corrected chi connectivity index (χ4v) is 5.86. The number of esters is 1. The van der Waals surface area contributed by atoms with Gasteiger partial charge in [-0.15, -0.1) is 0 Å². The molecule has 39 heavy (non-hydrogen) atoms. The molecule has 3 atom stereocenters. The molecule has 0 radical (unpaired) electrons. The molecule has 0 spiro atoms. The summed E-state index contributed by atoms with van der Waals surface area (Å²) in [6.45, 7) is 8.07. The largest absolute Gasteiger partial charge is 0.465 e. The molecular formula is C27H34N5O6P. The second kappa shape index (κ2) is 12.6. The summed E-state index contributed by atoms with van der Waals surface area (Å²) in [7, 11) is -4.06. The predicted octanol–water partition coefficient (Wildman–Crippen LogP) is 4.84. The van der Waals surface area contributed by atoms with E-state index in [1.165, 1.54) is 0 Å². The van der Waals surface area contributed by atoms with Crippen LogP contribution in [0.25, 0.3) is 21.9 Å². The SMILES string of the molecule is CCOCc1nc2c(N)nc3ccccc3c2n1C[C@H](C)OP(=O)(N[C@@H](C)C(=O)OCC)Oc1ccccc1. The standard InChI is InChI=1S/C27H34N5O6P/c1-5-35-17-23-30-24-25(21-14-10-11-15-22(21)29-26(24)28)32(23)16-18(3)37-39(34,31-19(4)27(33)36-6-2)38-20-12-8-7-9-13-20/h7-15,18-19H,5-6,16-17H2,1-4H3,(H2,28,29)(H,31,34)/t18-,19-,39?/m0/s1. The van der Waals surface area contributed by atoms with Crippen molar-refractivity contribution in [3.63, 3.8) is 0 Å². The summed E-state index contributed by atoms with van der Waals surface area (Å²) in [5, 5.41) is 3.58. The number of anilines is 1. The van der Waals surface area contributed by atoms with Gasteiger partial charge in [0.15, 0.2) is 5.82 Å². The highest BCUT2D eigenvalue weighted by molar-refractivity contribution is 7.52. The van der Waals surface area contributed by atoms with E-state index in [4.69, 9.17) is 29.2 Å². The molecule has 0 saturated carbocycles. The Morgan fingerprint density at radius 3 is 2.49 bits per heavy atom. The van der Waals surface area contributed by atoms with Crippen molar-refractivity contribution in [2.45, 2.75) is 53.0 Å². The van der Waals surface area contributed by atoms with Crippen molar-refractivity contribution >= 4 is 41.5 Å². The Bertz CT molecular complexity index is 1480. The summed E-state index contributed by atoms with van der Waals surface area (Å²) >= 11 is 0. The van der Waals surface area contributed by atoms with Gasteiger partial charge in [0.2, 0.25) is 0 Å². The molecule has 3 N–H and O–H groups in total. The third kappa shape index (κ3) is 6.75. The molecule has 11 nitrogen and oxygen atoms in total. The molecule has 2 aromatic carbocycles. The van der Waals surface area contributed by atoms with Crippen LogP contribution in [0.15, 0.2) is 54.6 Å². The lowest BCUT2D eigenvalue weighted by molar-refractivity contribution is -0.144. The first-order valence-electron chi connectivity index (χ1n) is 12.8. The molecule has 0 fully saturated rings. The molecule has 2 aromatic heterocycles. The van der Waals surface area contributed by atoms with Gasteiger partial charge in [0.1, 0.15) is 29.7 Å². The highest BCUT2D eigenvalue weighted by Gasteiger charge is 2.34. The lowest BCUT2D eigenvalue weighted by atomic mass is 10.2. The van der Waals surface area contributed by atoms with Crippen molar-refractivity contribution in [1.29, 1.82) is 0 Å². The van der Waals surface area contributed by atoms with Crippen LogP contribution < -0.4 is 15.3 Å². The van der Waals surface area contributed by atoms with Crippen molar-refractivity contribution in [3.05, 3.63) is 60.4 Å². The lowest BCUT2D eigenvalue weighted by Crippen LogP contribution is -2.36. The zero-order chi connectivity index (χ0) is 28.0. The first-order chi connectivity index (χ1) is 18.7. The fourth-order valence-electron chi connectivity index (χ4n) is 4.19. The number of benzene rings is 2. The molecule has 0 amide bonds. The third-order valence-corrected chi connectivity index (χ3v) is 7.64. The Labute approximate surface area is 227 Å². The van der Waals surface area contributed by atoms with Crippen LogP contribution >= 0.6 is 7.75 Å². The molecule has 208 valence electrons. The first kappa shape index (κ1) is 28.5. The van der Waals surface area contributed by atoms with Gasteiger partial charge in [-0.2, -0.15) is 5.09 Å². The molecular weight excluding hydrogens is 521 g/mol. The predicted molar refractivity (Wildman–Crippen MR) is 149 cm³/mol. The average molecular weight is 556 g/mol. The number of hydrogen-bond donors (Lipinski definition) is 2. The third-order valence-electron chi connectivity index (χ3n) is 5.84. The Morgan fingerprint density at radius 1 is 1.05 bits per heavy atom. The van der Waals surface area contributed by atoms with Gasteiger partial charge in [-0.05, 0) is 45.9 Å². The lowest BCUT2D eigenvalue weighted by Gasteiger charge is -2.26. The Kier molecular flexibility index (Phi) is 9.19. The van der Waals surface area contributed by atoms with Crippen molar-refractivity contribution in [3.8, 4) is 5.75 Å². The van der Waals surface area contributed by atoms with Crippen molar-refractivity contribution in [1.82, 2.24) is 19.6 Å². The van der Waals surface area contributed by atoms with E-state index < -0.39 is 25.9 Å². The van der Waals surface area contributed by atoms with Gasteiger partial charge in [0, 0.05) is 12.0 Å². The number of nitrogens with zero attached hydrogens (tertiary/aromatic N) is 3. The van der Waals surface area contributed by atoms with E-state index in [0.717, 1.165) is 16.4 Å². The van der Waals surface area contributed by atoms with E-state index in [1.54, 1.807) is 45.0 Å². The van der Waals surface area contributed by atoms with Gasteiger partial charge >= 0.3 is 13.7 Å². The zero-order valence-corrected chi connectivity index (χ0v) is 23.4. The molecule has 12 heteroatoms. The van der Waals surface area contributed by atoms with Crippen LogP contribution in [-0.2, 0) is 36.5 Å². The van der Waals surface area contributed by atoms with E-state index in [-0.39, 0.29) is 19.8 Å². The first-order valence-corrected chi connectivity index (χ1v) is 14.4. The van der Waals surface area contributed by atoms with E-state index in [1.807, 2.05) is 41.8 Å². The summed E-state index contributed by atoms with van der Waals surface area (Å²) in [5.74, 6) is 0.682. The average Bonchev–Trinajstić information content (AvgIpc) is 3.26. The second-order valence-corrected chi connectivity index (χ2v) is 10.6. The molecule has 1 unspecified atom stereocenters. The maximum Gasteiger partial charge on any atom is 0.459 e. The van der Waals surface area contributed by atoms with Crippen LogP contribution in [0.1, 0.15) is 33.5 Å². The number of imidazole rings is 1. The van der Waals surface area contributed by atoms with Crippen LogP contribution in [-0.4, -0.2) is 45.9 Å². The van der Waals surface area contributed by atoms with Crippen LogP contribution in [0.5, 0.6) is 5.75 Å². The van der Waals surface area contributed by atoms with Crippen LogP contribution in [0.3, 0.4) is 0 Å². The highest BCUT2D eigenvalue weighted by Crippen LogP contribution is 2.46. The number of rotatable bonds is 13. The number of para-hydroxylation sites is 2. The number of nitrogens with two attached hydrogens (primary N) is 1. The van der Waals surface area contributed by atoms with Gasteiger partial charge < -0.3 is 24.3 Å². The Morgan fingerprint density at radius 2 is 1.77 bits per heavy atom. The molecule has 0 bridgehead atoms. The summed E-state index contributed by atoms with van der Waals surface area (Å²) < 4.78 is 38.5. The Hall–Kier alpha value is -3.50. The number of nitrogen functional groups attached to an aromatic ring is 1. The van der Waals surface area contributed by atoms with Crippen LogP contribution in [0.4, 0.5) is 5.82 Å². The normalized spacial score (nSPS) is 14.7. The summed E-state index contributed by atoms with van der Waals surface area (Å²) in [5.41, 5.74) is 8.33. The number of pyridine rings is 1. The van der Waals surface area contributed by atoms with Gasteiger partial charge in [0.25, 0.3) is 0 Å². The van der Waals surface area contributed by atoms with Crippen molar-refractivity contribution < 1.29 is 27.9 Å². The molecule has 4 aromatic rings. The highest BCUT2D eigenvalue weighted by atomic mass is 31.2. The van der Waals surface area contributed by atoms with Gasteiger partial charge in [0.05, 0.1) is 30.3 Å². The monoisotopic (exact) mass is 555 g/mol. The van der Waals surface area contributed by atoms with Gasteiger partial charge in [-0.3, -0.25) is 9.32 Å². The van der Waals surface area contributed by atoms with Crippen LogP contribution in [0.2, 0.25) is 0 Å². The topological polar surface area (TPSA) is 140 Å². The van der Waals surface area contributed by atoms with Gasteiger partial charge in [-0.1, -0.05) is 36.4 Å². The van der Waals surface area contributed by atoms with Crippen molar-refractivity contribution in [2.24, 2.45) is 0 Å². The molecule has 4 rings (SSSR count). The number of fused-ring (bicyclic) bond motifs is 3. The summed E-state index contributed by atoms with van der Waals surface area (Å²) in [4.78, 5) is 21.5. The minimum Gasteiger partial charge on any atom is -0.465 e. The smallest absolute Gasteiger partial charge is 0.459 e. The quantitative estimate of drug-likeness (QED) is 0.174. The maximum absolute atomic E-state index is 14.0. The number of carbonyl (C=O) groups excluding carboxylic acids is 1. The number of hydrogen-bond acceptors (Lipinski definition) is 9. The number of nitrogens with one attached hydrogen (secondary N) is 1. The molecule has 0 aliphatic heterocycles. The zero-order valence-electron chi connectivity index (χ0n) is 22.5. The summed E-state index contributed by atoms with van der Waals surface area (Å²) in [6.07, 6.45) is -0.660. The molecule has 2 heterocycles. The Balaban J connectivity index is 1.69. The van der Waals surface area contributed by atoms with Crippen LogP contribution in [0, 0.1) is 0 Å². The number of ether oxygens (including phenoxy) is 2. The van der Waals surface area contributed by atoms with E-state index >= 15 is 0 Å². The van der Waals surface area contributed by atoms with E-state index in [9.17, 15) is 9.36 Å². The minimum absolute atomic E-state index is 0.189. The maximum atomic E-state index is 14.0. The molecule has 0 aliphatic rings. The number of carbonyl (C=O) groups is 1. The minimum atomic E-state index is -4.06. The van der Waals surface area contributed by atoms with E-state index in [0.29, 0.717) is 29.5 Å². The van der Waals surface area contributed by atoms with Gasteiger partial charge in [-0.25, -0.2) is 14.5 Å². The van der Waals surface area contributed by atoms with E-state index in [2.05, 4.69) is 10.1 Å². The number of aromatic nitrogens is 3. The molecule has 0 aliphatic carbocycles. The fraction of sp³-hybridized carbons (Fsp3) is 0.370. The summed E-state index contributed by atoms with van der Waals surface area (Å²) in [6, 6.07) is 15.3. The van der Waals surface area contributed by atoms with Crippen molar-refractivity contribution in [2.75, 3.05) is 18.9 Å². The second-order valence-electron chi connectivity index (χ2n) is 8.91.